The van der Waals surface area contributed by atoms with Gasteiger partial charge >= 0.3 is 0 Å². The number of benzene rings is 8. The highest BCUT2D eigenvalue weighted by molar-refractivity contribution is 6.37. The minimum Gasteiger partial charge on any atom is -0.456 e. The molecule has 0 saturated heterocycles. The number of hydrogen-bond donors (Lipinski definition) is 0. The Kier molecular flexibility index (Phi) is 4.94. The van der Waals surface area contributed by atoms with Crippen LogP contribution in [0.3, 0.4) is 0 Å². The Balaban J connectivity index is 1.13. The molecule has 3 aromatic heterocycles. The van der Waals surface area contributed by atoms with E-state index in [-0.39, 0.29) is 0 Å². The summed E-state index contributed by atoms with van der Waals surface area (Å²) in [6.07, 6.45) is 0. The second-order valence-corrected chi connectivity index (χ2v) is 13.2. The van der Waals surface area contributed by atoms with Crippen LogP contribution in [0.25, 0.3) is 98.8 Å². The average Bonchev–Trinajstić information content (AvgIpc) is 3.83. The molecule has 0 fully saturated rings. The summed E-state index contributed by atoms with van der Waals surface area (Å²) in [4.78, 5) is 2.30. The number of fused-ring (bicyclic) bond motifs is 4. The van der Waals surface area contributed by atoms with Crippen LogP contribution >= 0.6 is 0 Å². The molecule has 50 heavy (non-hydrogen) atoms. The Morgan fingerprint density at radius 2 is 0.980 bits per heavy atom. The lowest BCUT2D eigenvalue weighted by Crippen LogP contribution is -2.09. The maximum atomic E-state index is 6.57. The minimum atomic E-state index is 0.865. The minimum absolute atomic E-state index is 0.865. The molecule has 0 unspecified atom stereocenters. The topological polar surface area (TPSA) is 42.7 Å². The maximum Gasteiger partial charge on any atom is 0.137 e. The van der Waals surface area contributed by atoms with Gasteiger partial charge in [-0.15, -0.1) is 0 Å². The zero-order chi connectivity index (χ0) is 32.5. The van der Waals surface area contributed by atoms with Gasteiger partial charge in [-0.2, -0.15) is 0 Å². The van der Waals surface area contributed by atoms with Crippen molar-refractivity contribution in [2.45, 2.75) is 0 Å². The lowest BCUT2D eigenvalue weighted by Gasteiger charge is -2.26. The highest BCUT2D eigenvalue weighted by Crippen LogP contribution is 2.53. The largest absolute Gasteiger partial charge is 0.456 e. The zero-order valence-electron chi connectivity index (χ0n) is 26.6. The standard InChI is InChI=1S/C46H25NO3/c1-2-9-28(10-3-1)47(30-18-19-33-32-12-4-5-14-35(32)48-40(33)25-30)29-11-6-8-27(24-29)31-20-23-39-46-42(31)34-13-7-15-36-43(34)44-37(49-36)21-16-26-17-22-38(50-39)45(46)41(26)44/h1-25H. The molecule has 1 aliphatic rings. The zero-order valence-corrected chi connectivity index (χ0v) is 26.6. The third-order valence-corrected chi connectivity index (χ3v) is 10.6. The summed E-state index contributed by atoms with van der Waals surface area (Å²) in [5.41, 5.74) is 13.1. The number of rotatable bonds is 4. The molecule has 0 radical (unpaired) electrons. The van der Waals surface area contributed by atoms with E-state index in [1.807, 2.05) is 12.1 Å². The van der Waals surface area contributed by atoms with E-state index in [4.69, 9.17) is 13.3 Å². The molecule has 0 bridgehead atoms. The number of para-hydroxylation sites is 2. The maximum absolute atomic E-state index is 6.57. The van der Waals surface area contributed by atoms with E-state index in [9.17, 15) is 0 Å². The van der Waals surface area contributed by atoms with Crippen LogP contribution in [0.4, 0.5) is 17.1 Å². The normalized spacial score (nSPS) is 12.4. The summed E-state index contributed by atoms with van der Waals surface area (Å²) in [5.74, 6) is 0. The summed E-state index contributed by atoms with van der Waals surface area (Å²) in [5, 5.41) is 9.25. The second kappa shape index (κ2) is 9.43. The molecule has 0 N–H and O–H groups in total. The van der Waals surface area contributed by atoms with E-state index in [1.165, 1.54) is 16.3 Å². The summed E-state index contributed by atoms with van der Waals surface area (Å²) < 4.78 is 19.4. The Labute approximate surface area is 285 Å². The molecule has 232 valence electrons. The van der Waals surface area contributed by atoms with E-state index in [0.29, 0.717) is 0 Å². The van der Waals surface area contributed by atoms with Crippen molar-refractivity contribution in [3.8, 4) is 22.3 Å². The molecule has 3 heterocycles. The number of hydrogen-bond acceptors (Lipinski definition) is 4. The first-order chi connectivity index (χ1) is 24.8. The molecular weight excluding hydrogens is 615 g/mol. The molecule has 8 aromatic carbocycles. The van der Waals surface area contributed by atoms with E-state index in [0.717, 1.165) is 99.6 Å². The highest BCUT2D eigenvalue weighted by atomic mass is 16.3. The van der Waals surface area contributed by atoms with E-state index in [1.54, 1.807) is 0 Å². The van der Waals surface area contributed by atoms with Gasteiger partial charge in [0, 0.05) is 66.4 Å². The summed E-state index contributed by atoms with van der Waals surface area (Å²) in [7, 11) is 0. The number of anilines is 3. The van der Waals surface area contributed by atoms with Crippen molar-refractivity contribution in [3.05, 3.63) is 152 Å². The van der Waals surface area contributed by atoms with Crippen molar-refractivity contribution in [1.82, 2.24) is 0 Å². The van der Waals surface area contributed by atoms with E-state index < -0.39 is 0 Å². The van der Waals surface area contributed by atoms with Crippen LogP contribution in [0, 0.1) is 0 Å². The predicted octanol–water partition coefficient (Wildman–Crippen LogP) is 13.7. The molecule has 0 amide bonds. The molecule has 4 heteroatoms. The van der Waals surface area contributed by atoms with Crippen LogP contribution in [-0.2, 0) is 0 Å². The van der Waals surface area contributed by atoms with Crippen LogP contribution in [0.2, 0.25) is 0 Å². The van der Waals surface area contributed by atoms with Crippen molar-refractivity contribution < 1.29 is 13.3 Å². The lowest BCUT2D eigenvalue weighted by atomic mass is 9.90. The average molecular weight is 640 g/mol. The van der Waals surface area contributed by atoms with Gasteiger partial charge in [0.1, 0.15) is 33.5 Å². The van der Waals surface area contributed by atoms with E-state index in [2.05, 4.69) is 144 Å². The van der Waals surface area contributed by atoms with Crippen molar-refractivity contribution >= 4 is 93.7 Å². The molecule has 4 nitrogen and oxygen atoms in total. The fourth-order valence-electron chi connectivity index (χ4n) is 8.49. The van der Waals surface area contributed by atoms with Crippen molar-refractivity contribution in [1.29, 1.82) is 0 Å². The van der Waals surface area contributed by atoms with Crippen LogP contribution in [0.1, 0.15) is 0 Å². The van der Waals surface area contributed by atoms with Crippen LogP contribution in [0.5, 0.6) is 0 Å². The highest BCUT2D eigenvalue weighted by Gasteiger charge is 2.27. The van der Waals surface area contributed by atoms with Gasteiger partial charge in [-0.25, -0.2) is 0 Å². The third-order valence-electron chi connectivity index (χ3n) is 10.6. The van der Waals surface area contributed by atoms with Crippen molar-refractivity contribution in [3.63, 3.8) is 0 Å². The van der Waals surface area contributed by atoms with E-state index >= 15 is 0 Å². The Bertz CT molecular complexity index is 3210. The first-order valence-corrected chi connectivity index (χ1v) is 16.9. The first kappa shape index (κ1) is 26.2. The fraction of sp³-hybridized carbons (Fsp3) is 0. The van der Waals surface area contributed by atoms with Gasteiger partial charge in [0.15, 0.2) is 0 Å². The molecule has 12 rings (SSSR count). The van der Waals surface area contributed by atoms with Crippen LogP contribution in [-0.4, -0.2) is 0 Å². The molecule has 1 aliphatic carbocycles. The molecule has 0 atom stereocenters. The Hall–Kier alpha value is -6.78. The smallest absolute Gasteiger partial charge is 0.137 e. The van der Waals surface area contributed by atoms with Crippen molar-refractivity contribution in [2.24, 2.45) is 0 Å². The molecule has 0 saturated carbocycles. The third kappa shape index (κ3) is 3.39. The van der Waals surface area contributed by atoms with Gasteiger partial charge in [-0.1, -0.05) is 78.9 Å². The second-order valence-electron chi connectivity index (χ2n) is 13.2. The Morgan fingerprint density at radius 1 is 0.340 bits per heavy atom. The summed E-state index contributed by atoms with van der Waals surface area (Å²) in [6, 6.07) is 53.5. The molecular formula is C46H25NO3. The summed E-state index contributed by atoms with van der Waals surface area (Å²) in [6.45, 7) is 0. The first-order valence-electron chi connectivity index (χ1n) is 16.9. The number of nitrogens with zero attached hydrogens (tertiary/aromatic N) is 1. The summed E-state index contributed by atoms with van der Waals surface area (Å²) >= 11 is 0. The van der Waals surface area contributed by atoms with Gasteiger partial charge < -0.3 is 18.2 Å². The number of furan rings is 3. The van der Waals surface area contributed by atoms with Gasteiger partial charge in [0.05, 0.1) is 0 Å². The van der Waals surface area contributed by atoms with Crippen LogP contribution in [0.15, 0.2) is 165 Å². The monoisotopic (exact) mass is 639 g/mol. The predicted molar refractivity (Wildman–Crippen MR) is 205 cm³/mol. The lowest BCUT2D eigenvalue weighted by molar-refractivity contribution is 0.668. The van der Waals surface area contributed by atoms with Crippen LogP contribution < -0.4 is 4.90 Å². The fourth-order valence-corrected chi connectivity index (χ4v) is 8.49. The molecule has 0 spiro atoms. The molecule has 11 aromatic rings. The van der Waals surface area contributed by atoms with Crippen molar-refractivity contribution in [2.75, 3.05) is 4.90 Å². The van der Waals surface area contributed by atoms with Gasteiger partial charge in [-0.05, 0) is 88.8 Å². The van der Waals surface area contributed by atoms with Gasteiger partial charge in [0.2, 0.25) is 0 Å². The SMILES string of the molecule is c1ccc(N(c2cccc(-c3ccc4oc5ccc6ccc7oc8cccc9c8c7c6c5c4c3-9)c2)c2ccc3c(c2)oc2ccccc23)cc1. The molecule has 0 aliphatic heterocycles. The van der Waals surface area contributed by atoms with Gasteiger partial charge in [0.25, 0.3) is 0 Å². The quantitative estimate of drug-likeness (QED) is 0.192. The van der Waals surface area contributed by atoms with Gasteiger partial charge in [-0.3, -0.25) is 0 Å². The Morgan fingerprint density at radius 3 is 1.86 bits per heavy atom.